The highest BCUT2D eigenvalue weighted by Gasteiger charge is 2.25. The van der Waals surface area contributed by atoms with Gasteiger partial charge in [-0.25, -0.2) is 4.98 Å². The van der Waals surface area contributed by atoms with Gasteiger partial charge in [0.2, 0.25) is 0 Å². The van der Waals surface area contributed by atoms with Crippen molar-refractivity contribution in [2.24, 2.45) is 5.92 Å². The quantitative estimate of drug-likeness (QED) is 0.898. The van der Waals surface area contributed by atoms with Gasteiger partial charge >= 0.3 is 0 Å². The molecule has 1 fully saturated rings. The Morgan fingerprint density at radius 1 is 1.29 bits per heavy atom. The van der Waals surface area contributed by atoms with Crippen molar-refractivity contribution in [2.45, 2.75) is 32.2 Å². The van der Waals surface area contributed by atoms with E-state index in [2.05, 4.69) is 10.6 Å². The molecule has 0 bridgehead atoms. The van der Waals surface area contributed by atoms with Crippen molar-refractivity contribution in [2.75, 3.05) is 13.1 Å². The second-order valence-corrected chi connectivity index (χ2v) is 6.03. The molecule has 2 aliphatic rings. The normalized spacial score (nSPS) is 19.0. The van der Waals surface area contributed by atoms with E-state index in [1.54, 1.807) is 0 Å². The van der Waals surface area contributed by atoms with Gasteiger partial charge in [-0.3, -0.25) is 9.20 Å². The van der Waals surface area contributed by atoms with Crippen LogP contribution in [-0.2, 0) is 13.0 Å². The number of carbonyl (C=O) groups is 1. The third kappa shape index (κ3) is 2.21. The number of amides is 1. The van der Waals surface area contributed by atoms with Crippen molar-refractivity contribution in [3.8, 4) is 0 Å². The highest BCUT2D eigenvalue weighted by atomic mass is 16.2. The summed E-state index contributed by atoms with van der Waals surface area (Å²) in [5.41, 5.74) is 3.72. The molecule has 0 atom stereocenters. The lowest BCUT2D eigenvalue weighted by atomic mass is 9.92. The van der Waals surface area contributed by atoms with E-state index in [1.807, 2.05) is 22.6 Å². The Hall–Kier alpha value is -1.88. The lowest BCUT2D eigenvalue weighted by Crippen LogP contribution is -2.31. The number of pyridine rings is 1. The number of carbonyl (C=O) groups excluding carboxylic acids is 1. The second-order valence-electron chi connectivity index (χ2n) is 6.03. The number of rotatable bonds is 3. The maximum atomic E-state index is 12.2. The van der Waals surface area contributed by atoms with Gasteiger partial charge in [-0.1, -0.05) is 6.07 Å². The largest absolute Gasteiger partial charge is 0.345 e. The second kappa shape index (κ2) is 5.15. The summed E-state index contributed by atoms with van der Waals surface area (Å²) in [6, 6.07) is 6.04. The fourth-order valence-corrected chi connectivity index (χ4v) is 3.52. The molecule has 2 aliphatic heterocycles. The molecule has 2 aromatic heterocycles. The fourth-order valence-electron chi connectivity index (χ4n) is 3.52. The average Bonchev–Trinajstić information content (AvgIpc) is 2.90. The first kappa shape index (κ1) is 12.8. The Morgan fingerprint density at radius 3 is 3.00 bits per heavy atom. The minimum atomic E-state index is 0.0153. The van der Waals surface area contributed by atoms with Crippen LogP contribution in [0.3, 0.4) is 0 Å². The van der Waals surface area contributed by atoms with Crippen molar-refractivity contribution < 1.29 is 4.79 Å². The first-order valence-corrected chi connectivity index (χ1v) is 7.81. The Balaban J connectivity index is 1.64. The fraction of sp³-hybridized carbons (Fsp3) is 0.500. The number of nitrogens with one attached hydrogen (secondary N) is 2. The number of imidazole rings is 1. The predicted octanol–water partition coefficient (Wildman–Crippen LogP) is 1.51. The van der Waals surface area contributed by atoms with Crippen LogP contribution >= 0.6 is 0 Å². The minimum absolute atomic E-state index is 0.0153. The minimum Gasteiger partial charge on any atom is -0.345 e. The van der Waals surface area contributed by atoms with Crippen LogP contribution in [0.2, 0.25) is 0 Å². The first-order chi connectivity index (χ1) is 10.3. The summed E-state index contributed by atoms with van der Waals surface area (Å²) >= 11 is 0. The van der Waals surface area contributed by atoms with Crippen LogP contribution in [0.25, 0.3) is 5.65 Å². The van der Waals surface area contributed by atoms with E-state index in [0.717, 1.165) is 54.6 Å². The molecule has 110 valence electrons. The lowest BCUT2D eigenvalue weighted by molar-refractivity contribution is 0.0935. The van der Waals surface area contributed by atoms with Gasteiger partial charge in [0.05, 0.1) is 12.2 Å². The zero-order chi connectivity index (χ0) is 14.2. The van der Waals surface area contributed by atoms with Crippen molar-refractivity contribution in [1.82, 2.24) is 20.0 Å². The van der Waals surface area contributed by atoms with Gasteiger partial charge in [-0.05, 0) is 56.8 Å². The predicted molar refractivity (Wildman–Crippen MR) is 80.3 cm³/mol. The lowest BCUT2D eigenvalue weighted by Gasteiger charge is -2.22. The van der Waals surface area contributed by atoms with E-state index in [4.69, 9.17) is 4.98 Å². The highest BCUT2D eigenvalue weighted by Crippen LogP contribution is 2.23. The molecule has 4 heterocycles. The van der Waals surface area contributed by atoms with Crippen LogP contribution in [0, 0.1) is 5.92 Å². The standard InChI is InChI=1S/C16H20N4O/c21-16-15-13(5-4-11-6-8-17-9-7-11)19-14-3-1-2-12(10-18-16)20(14)15/h1-3,11,17H,4-10H2,(H,18,21). The van der Waals surface area contributed by atoms with Crippen LogP contribution in [0.5, 0.6) is 0 Å². The molecule has 0 spiro atoms. The Labute approximate surface area is 123 Å². The van der Waals surface area contributed by atoms with Crippen LogP contribution in [0.15, 0.2) is 18.2 Å². The van der Waals surface area contributed by atoms with E-state index in [9.17, 15) is 4.79 Å². The van der Waals surface area contributed by atoms with Gasteiger partial charge in [0.15, 0.2) is 0 Å². The molecule has 0 aromatic carbocycles. The van der Waals surface area contributed by atoms with E-state index in [1.165, 1.54) is 12.8 Å². The third-order valence-corrected chi connectivity index (χ3v) is 4.69. The van der Waals surface area contributed by atoms with Gasteiger partial charge in [-0.15, -0.1) is 0 Å². The van der Waals surface area contributed by atoms with Crippen molar-refractivity contribution in [3.63, 3.8) is 0 Å². The summed E-state index contributed by atoms with van der Waals surface area (Å²) in [7, 11) is 0. The zero-order valence-electron chi connectivity index (χ0n) is 12.1. The van der Waals surface area contributed by atoms with Gasteiger partial charge in [0, 0.05) is 5.69 Å². The van der Waals surface area contributed by atoms with Crippen LogP contribution < -0.4 is 10.6 Å². The molecule has 1 amide bonds. The first-order valence-electron chi connectivity index (χ1n) is 7.81. The molecule has 2 aromatic rings. The Kier molecular flexibility index (Phi) is 3.15. The van der Waals surface area contributed by atoms with Gasteiger partial charge in [0.1, 0.15) is 11.3 Å². The molecule has 0 aliphatic carbocycles. The number of nitrogens with zero attached hydrogens (tertiary/aromatic N) is 2. The maximum absolute atomic E-state index is 12.2. The Morgan fingerprint density at radius 2 is 2.14 bits per heavy atom. The summed E-state index contributed by atoms with van der Waals surface area (Å²) in [6.07, 6.45) is 4.50. The summed E-state index contributed by atoms with van der Waals surface area (Å²) in [5, 5.41) is 6.35. The number of aromatic nitrogens is 2. The van der Waals surface area contributed by atoms with Gasteiger partial charge in [0.25, 0.3) is 5.91 Å². The van der Waals surface area contributed by atoms with E-state index in [-0.39, 0.29) is 5.91 Å². The van der Waals surface area contributed by atoms with Crippen molar-refractivity contribution in [3.05, 3.63) is 35.3 Å². The van der Waals surface area contributed by atoms with Crippen molar-refractivity contribution >= 4 is 11.6 Å². The van der Waals surface area contributed by atoms with Crippen LogP contribution in [-0.4, -0.2) is 28.4 Å². The number of aryl methyl sites for hydroxylation is 1. The smallest absolute Gasteiger partial charge is 0.270 e. The summed E-state index contributed by atoms with van der Waals surface area (Å²) in [4.78, 5) is 16.9. The molecule has 2 N–H and O–H groups in total. The molecule has 0 radical (unpaired) electrons. The molecular weight excluding hydrogens is 264 g/mol. The monoisotopic (exact) mass is 284 g/mol. The number of piperidine rings is 1. The van der Waals surface area contributed by atoms with E-state index in [0.29, 0.717) is 6.54 Å². The third-order valence-electron chi connectivity index (χ3n) is 4.69. The molecule has 0 saturated carbocycles. The SMILES string of the molecule is O=C1NCc2cccc3nc(CCC4CCNCC4)c1n23. The number of hydrogen-bond acceptors (Lipinski definition) is 3. The maximum Gasteiger partial charge on any atom is 0.270 e. The average molecular weight is 284 g/mol. The van der Waals surface area contributed by atoms with Crippen LogP contribution in [0.4, 0.5) is 0 Å². The van der Waals surface area contributed by atoms with Gasteiger partial charge in [-0.2, -0.15) is 0 Å². The van der Waals surface area contributed by atoms with E-state index >= 15 is 0 Å². The van der Waals surface area contributed by atoms with Crippen LogP contribution in [0.1, 0.15) is 41.1 Å². The highest BCUT2D eigenvalue weighted by molar-refractivity contribution is 5.95. The Bertz CT molecular complexity index is 685. The molecule has 4 rings (SSSR count). The summed E-state index contributed by atoms with van der Waals surface area (Å²) in [6.45, 7) is 2.83. The molecule has 5 nitrogen and oxygen atoms in total. The van der Waals surface area contributed by atoms with Gasteiger partial charge < -0.3 is 10.6 Å². The summed E-state index contributed by atoms with van der Waals surface area (Å²) < 4.78 is 2.02. The summed E-state index contributed by atoms with van der Waals surface area (Å²) in [5.74, 6) is 0.774. The molecule has 1 saturated heterocycles. The van der Waals surface area contributed by atoms with E-state index < -0.39 is 0 Å². The molecule has 5 heteroatoms. The van der Waals surface area contributed by atoms with Crippen molar-refractivity contribution in [1.29, 1.82) is 0 Å². The number of hydrogen-bond donors (Lipinski definition) is 2. The zero-order valence-corrected chi connectivity index (χ0v) is 12.1. The molecular formula is C16H20N4O. The molecule has 0 unspecified atom stereocenters. The molecule has 21 heavy (non-hydrogen) atoms. The topological polar surface area (TPSA) is 58.4 Å².